The average Bonchev–Trinajstić information content (AvgIpc) is 3.20. The number of hydrogen-bond acceptors (Lipinski definition) is 5. The first kappa shape index (κ1) is 16.8. The Labute approximate surface area is 153 Å². The van der Waals surface area contributed by atoms with Gasteiger partial charge in [0.1, 0.15) is 19.0 Å². The molecule has 26 heavy (non-hydrogen) atoms. The Bertz CT molecular complexity index is 744. The van der Waals surface area contributed by atoms with E-state index in [9.17, 15) is 4.79 Å². The van der Waals surface area contributed by atoms with Crippen molar-refractivity contribution in [3.05, 3.63) is 42.4 Å². The Kier molecular flexibility index (Phi) is 5.00. The minimum Gasteiger partial charge on any atom is -0.486 e. The van der Waals surface area contributed by atoms with Gasteiger partial charge in [-0.1, -0.05) is 0 Å². The number of rotatable bonds is 5. The SMILES string of the molecule is O=C(CCc1ccco1)N1CCC[C@H](Nc2ccc3c(c2)OCCO3)C1. The van der Waals surface area contributed by atoms with Crippen LogP contribution in [0.15, 0.2) is 41.0 Å². The molecule has 1 saturated heterocycles. The zero-order valence-electron chi connectivity index (χ0n) is 14.8. The lowest BCUT2D eigenvalue weighted by Gasteiger charge is -2.34. The van der Waals surface area contributed by atoms with Crippen molar-refractivity contribution in [3.63, 3.8) is 0 Å². The topological polar surface area (TPSA) is 63.9 Å². The molecule has 6 nitrogen and oxygen atoms in total. The number of benzene rings is 1. The number of anilines is 1. The van der Waals surface area contributed by atoms with Crippen LogP contribution < -0.4 is 14.8 Å². The number of amides is 1. The van der Waals surface area contributed by atoms with E-state index in [0.717, 1.165) is 48.9 Å². The number of carbonyl (C=O) groups is 1. The van der Waals surface area contributed by atoms with Gasteiger partial charge >= 0.3 is 0 Å². The molecule has 0 unspecified atom stereocenters. The maximum Gasteiger partial charge on any atom is 0.223 e. The minimum atomic E-state index is 0.190. The Morgan fingerprint density at radius 2 is 2.08 bits per heavy atom. The fourth-order valence-corrected chi connectivity index (χ4v) is 3.53. The van der Waals surface area contributed by atoms with E-state index in [1.807, 2.05) is 35.2 Å². The zero-order chi connectivity index (χ0) is 17.8. The molecule has 0 spiro atoms. The molecule has 4 rings (SSSR count). The van der Waals surface area contributed by atoms with Crippen molar-refractivity contribution >= 4 is 11.6 Å². The van der Waals surface area contributed by atoms with Crippen LogP contribution in [-0.2, 0) is 11.2 Å². The number of nitrogens with zero attached hydrogens (tertiary/aromatic N) is 1. The summed E-state index contributed by atoms with van der Waals surface area (Å²) in [5, 5.41) is 3.54. The van der Waals surface area contributed by atoms with Gasteiger partial charge in [-0.2, -0.15) is 0 Å². The molecule has 1 atom stereocenters. The minimum absolute atomic E-state index is 0.190. The summed E-state index contributed by atoms with van der Waals surface area (Å²) in [5.41, 5.74) is 1.00. The van der Waals surface area contributed by atoms with Gasteiger partial charge in [0.05, 0.1) is 6.26 Å². The average molecular weight is 356 g/mol. The molecule has 138 valence electrons. The van der Waals surface area contributed by atoms with E-state index in [1.54, 1.807) is 6.26 Å². The van der Waals surface area contributed by atoms with Gasteiger partial charge < -0.3 is 24.1 Å². The second-order valence-corrected chi connectivity index (χ2v) is 6.76. The van der Waals surface area contributed by atoms with Crippen LogP contribution in [0.4, 0.5) is 5.69 Å². The maximum atomic E-state index is 12.5. The normalized spacial score (nSPS) is 19.2. The number of furan rings is 1. The molecule has 6 heteroatoms. The molecule has 1 fully saturated rings. The first-order valence-corrected chi connectivity index (χ1v) is 9.24. The summed E-state index contributed by atoms with van der Waals surface area (Å²) < 4.78 is 16.5. The van der Waals surface area contributed by atoms with Crippen LogP contribution in [0.1, 0.15) is 25.0 Å². The van der Waals surface area contributed by atoms with E-state index in [2.05, 4.69) is 5.32 Å². The van der Waals surface area contributed by atoms with Gasteiger partial charge in [0.2, 0.25) is 5.91 Å². The van der Waals surface area contributed by atoms with Gasteiger partial charge in [-0.3, -0.25) is 4.79 Å². The van der Waals surface area contributed by atoms with Gasteiger partial charge in [0, 0.05) is 43.7 Å². The number of aryl methyl sites for hydroxylation is 1. The second-order valence-electron chi connectivity index (χ2n) is 6.76. The predicted octanol–water partition coefficient (Wildman–Crippen LogP) is 3.09. The standard InChI is InChI=1S/C20H24N2O4/c23-20(8-6-17-4-2-10-24-17)22-9-1-3-16(14-22)21-15-5-7-18-19(13-15)26-12-11-25-18/h2,4-5,7,10,13,16,21H,1,3,6,8-9,11-12,14H2/t16-/m0/s1. The molecular weight excluding hydrogens is 332 g/mol. The molecule has 0 radical (unpaired) electrons. The number of nitrogens with one attached hydrogen (secondary N) is 1. The molecule has 3 heterocycles. The van der Waals surface area contributed by atoms with E-state index in [0.29, 0.717) is 26.1 Å². The molecular formula is C20H24N2O4. The van der Waals surface area contributed by atoms with Crippen molar-refractivity contribution in [2.45, 2.75) is 31.7 Å². The van der Waals surface area contributed by atoms with E-state index >= 15 is 0 Å². The third-order valence-corrected chi connectivity index (χ3v) is 4.85. The van der Waals surface area contributed by atoms with Crippen molar-refractivity contribution < 1.29 is 18.7 Å². The Hall–Kier alpha value is -2.63. The van der Waals surface area contributed by atoms with E-state index in [4.69, 9.17) is 13.9 Å². The summed E-state index contributed by atoms with van der Waals surface area (Å²) in [4.78, 5) is 14.5. The van der Waals surface area contributed by atoms with Crippen LogP contribution in [-0.4, -0.2) is 43.2 Å². The fourth-order valence-electron chi connectivity index (χ4n) is 3.53. The number of hydrogen-bond donors (Lipinski definition) is 1. The van der Waals surface area contributed by atoms with Crippen LogP contribution in [0.2, 0.25) is 0 Å². The first-order valence-electron chi connectivity index (χ1n) is 9.24. The Morgan fingerprint density at radius 3 is 2.92 bits per heavy atom. The lowest BCUT2D eigenvalue weighted by Crippen LogP contribution is -2.45. The van der Waals surface area contributed by atoms with Crippen molar-refractivity contribution in [1.29, 1.82) is 0 Å². The summed E-state index contributed by atoms with van der Waals surface area (Å²) in [7, 11) is 0. The first-order chi connectivity index (χ1) is 12.8. The highest BCUT2D eigenvalue weighted by Gasteiger charge is 2.24. The van der Waals surface area contributed by atoms with E-state index in [1.165, 1.54) is 0 Å². The summed E-state index contributed by atoms with van der Waals surface area (Å²) in [6.45, 7) is 2.73. The molecule has 0 aliphatic carbocycles. The summed E-state index contributed by atoms with van der Waals surface area (Å²) in [5.74, 6) is 2.63. The fraction of sp³-hybridized carbons (Fsp3) is 0.450. The maximum absolute atomic E-state index is 12.5. The van der Waals surface area contributed by atoms with Crippen LogP contribution >= 0.6 is 0 Å². The van der Waals surface area contributed by atoms with Crippen molar-refractivity contribution in [2.75, 3.05) is 31.6 Å². The van der Waals surface area contributed by atoms with Crippen LogP contribution in [0.25, 0.3) is 0 Å². The molecule has 0 bridgehead atoms. The van der Waals surface area contributed by atoms with Gasteiger partial charge in [-0.05, 0) is 37.1 Å². The molecule has 1 aromatic carbocycles. The molecule has 1 N–H and O–H groups in total. The van der Waals surface area contributed by atoms with Crippen molar-refractivity contribution in [2.24, 2.45) is 0 Å². The number of piperidine rings is 1. The second kappa shape index (κ2) is 7.72. The number of likely N-dealkylation sites (tertiary alicyclic amines) is 1. The molecule has 0 saturated carbocycles. The highest BCUT2D eigenvalue weighted by Crippen LogP contribution is 2.33. The lowest BCUT2D eigenvalue weighted by molar-refractivity contribution is -0.132. The van der Waals surface area contributed by atoms with Crippen molar-refractivity contribution in [1.82, 2.24) is 4.90 Å². The highest BCUT2D eigenvalue weighted by atomic mass is 16.6. The van der Waals surface area contributed by atoms with Crippen LogP contribution in [0, 0.1) is 0 Å². The van der Waals surface area contributed by atoms with Gasteiger partial charge in [-0.15, -0.1) is 0 Å². The Balaban J connectivity index is 1.32. The van der Waals surface area contributed by atoms with Crippen LogP contribution in [0.5, 0.6) is 11.5 Å². The Morgan fingerprint density at radius 1 is 1.19 bits per heavy atom. The van der Waals surface area contributed by atoms with Gasteiger partial charge in [-0.25, -0.2) is 0 Å². The smallest absolute Gasteiger partial charge is 0.223 e. The van der Waals surface area contributed by atoms with Gasteiger partial charge in [0.15, 0.2) is 11.5 Å². The highest BCUT2D eigenvalue weighted by molar-refractivity contribution is 5.76. The molecule has 1 amide bonds. The largest absolute Gasteiger partial charge is 0.486 e. The molecule has 1 aromatic heterocycles. The summed E-state index contributed by atoms with van der Waals surface area (Å²) in [6.07, 6.45) is 4.85. The molecule has 2 aromatic rings. The number of carbonyl (C=O) groups excluding carboxylic acids is 1. The van der Waals surface area contributed by atoms with Crippen LogP contribution in [0.3, 0.4) is 0 Å². The predicted molar refractivity (Wildman–Crippen MR) is 97.7 cm³/mol. The molecule has 2 aliphatic rings. The molecule has 2 aliphatic heterocycles. The van der Waals surface area contributed by atoms with E-state index < -0.39 is 0 Å². The number of fused-ring (bicyclic) bond motifs is 1. The monoisotopic (exact) mass is 356 g/mol. The zero-order valence-corrected chi connectivity index (χ0v) is 14.8. The van der Waals surface area contributed by atoms with Crippen molar-refractivity contribution in [3.8, 4) is 11.5 Å². The van der Waals surface area contributed by atoms with E-state index in [-0.39, 0.29) is 11.9 Å². The van der Waals surface area contributed by atoms with Gasteiger partial charge in [0.25, 0.3) is 0 Å². The third kappa shape index (κ3) is 3.95. The lowest BCUT2D eigenvalue weighted by atomic mass is 10.0. The summed E-state index contributed by atoms with van der Waals surface area (Å²) in [6, 6.07) is 9.94. The third-order valence-electron chi connectivity index (χ3n) is 4.85. The number of ether oxygens (including phenoxy) is 2. The summed E-state index contributed by atoms with van der Waals surface area (Å²) >= 11 is 0. The quantitative estimate of drug-likeness (QED) is 0.892.